The first-order valence-electron chi connectivity index (χ1n) is 8.67. The lowest BCUT2D eigenvalue weighted by Gasteiger charge is -2.37. The van der Waals surface area contributed by atoms with E-state index < -0.39 is 17.7 Å². The first kappa shape index (κ1) is 19.2. The molecule has 5 nitrogen and oxygen atoms in total. The minimum absolute atomic E-state index is 0.171. The SMILES string of the molecule is CN(Cc1ccccc1F)C(=O)[C@H]1CCCCN1C(=O)OC(C)(C)C. The Morgan fingerprint density at radius 3 is 2.60 bits per heavy atom. The monoisotopic (exact) mass is 350 g/mol. The third-order valence-electron chi connectivity index (χ3n) is 4.16. The van der Waals surface area contributed by atoms with Crippen LogP contribution in [0.15, 0.2) is 24.3 Å². The second kappa shape index (κ2) is 7.85. The zero-order valence-corrected chi connectivity index (χ0v) is 15.4. The molecule has 0 aliphatic carbocycles. The van der Waals surface area contributed by atoms with Crippen molar-refractivity contribution in [3.8, 4) is 0 Å². The molecule has 1 aromatic carbocycles. The largest absolute Gasteiger partial charge is 0.444 e. The summed E-state index contributed by atoms with van der Waals surface area (Å²) in [6, 6.07) is 5.84. The number of benzene rings is 1. The molecule has 1 fully saturated rings. The smallest absolute Gasteiger partial charge is 0.410 e. The molecule has 0 aromatic heterocycles. The highest BCUT2D eigenvalue weighted by molar-refractivity contribution is 5.85. The summed E-state index contributed by atoms with van der Waals surface area (Å²) < 4.78 is 19.3. The van der Waals surface area contributed by atoms with Crippen LogP contribution in [0.1, 0.15) is 45.6 Å². The van der Waals surface area contributed by atoms with Gasteiger partial charge in [0, 0.05) is 25.7 Å². The fraction of sp³-hybridized carbons (Fsp3) is 0.579. The molecule has 138 valence electrons. The van der Waals surface area contributed by atoms with Crippen molar-refractivity contribution < 1.29 is 18.7 Å². The summed E-state index contributed by atoms with van der Waals surface area (Å²) in [5, 5.41) is 0. The van der Waals surface area contributed by atoms with Crippen molar-refractivity contribution in [2.45, 2.75) is 58.2 Å². The average Bonchev–Trinajstić information content (AvgIpc) is 2.54. The van der Waals surface area contributed by atoms with Gasteiger partial charge in [-0.2, -0.15) is 0 Å². The molecule has 0 unspecified atom stereocenters. The number of ether oxygens (including phenoxy) is 1. The van der Waals surface area contributed by atoms with E-state index >= 15 is 0 Å². The quantitative estimate of drug-likeness (QED) is 0.837. The van der Waals surface area contributed by atoms with Crippen molar-refractivity contribution >= 4 is 12.0 Å². The van der Waals surface area contributed by atoms with Gasteiger partial charge in [-0.25, -0.2) is 9.18 Å². The van der Waals surface area contributed by atoms with Crippen LogP contribution in [0.3, 0.4) is 0 Å². The van der Waals surface area contributed by atoms with Crippen LogP contribution in [-0.2, 0) is 16.1 Å². The van der Waals surface area contributed by atoms with Gasteiger partial charge in [0.2, 0.25) is 5.91 Å². The summed E-state index contributed by atoms with van der Waals surface area (Å²) in [6.45, 7) is 6.07. The molecule has 2 rings (SSSR count). The Bertz CT molecular complexity index is 627. The Balaban J connectivity index is 2.09. The summed E-state index contributed by atoms with van der Waals surface area (Å²) >= 11 is 0. The first-order valence-corrected chi connectivity index (χ1v) is 8.67. The predicted octanol–water partition coefficient (Wildman–Crippen LogP) is 3.57. The number of piperidine rings is 1. The standard InChI is InChI=1S/C19H27FN2O3/c1-19(2,3)25-18(24)22-12-8-7-11-16(22)17(23)21(4)13-14-9-5-6-10-15(14)20/h5-6,9-10,16H,7-8,11-13H2,1-4H3/t16-/m1/s1. The van der Waals surface area contributed by atoms with Gasteiger partial charge in [0.1, 0.15) is 17.5 Å². The Hall–Kier alpha value is -2.11. The molecule has 25 heavy (non-hydrogen) atoms. The molecule has 0 N–H and O–H groups in total. The van der Waals surface area contributed by atoms with Gasteiger partial charge in [-0.3, -0.25) is 9.69 Å². The topological polar surface area (TPSA) is 49.9 Å². The summed E-state index contributed by atoms with van der Waals surface area (Å²) in [7, 11) is 1.64. The molecule has 0 bridgehead atoms. The van der Waals surface area contributed by atoms with Crippen molar-refractivity contribution in [3.05, 3.63) is 35.6 Å². The highest BCUT2D eigenvalue weighted by Crippen LogP contribution is 2.22. The van der Waals surface area contributed by atoms with Crippen molar-refractivity contribution in [2.75, 3.05) is 13.6 Å². The van der Waals surface area contributed by atoms with E-state index in [-0.39, 0.29) is 18.3 Å². The maximum atomic E-state index is 13.8. The van der Waals surface area contributed by atoms with E-state index in [0.29, 0.717) is 18.5 Å². The lowest BCUT2D eigenvalue weighted by Crippen LogP contribution is -2.53. The maximum Gasteiger partial charge on any atom is 0.410 e. The normalized spacial score (nSPS) is 18.0. The fourth-order valence-corrected chi connectivity index (χ4v) is 2.94. The van der Waals surface area contributed by atoms with Gasteiger partial charge >= 0.3 is 6.09 Å². The second-order valence-corrected chi connectivity index (χ2v) is 7.47. The molecule has 1 heterocycles. The van der Waals surface area contributed by atoms with Gasteiger partial charge in [-0.05, 0) is 46.1 Å². The number of hydrogen-bond acceptors (Lipinski definition) is 3. The number of carbonyl (C=O) groups is 2. The molecular weight excluding hydrogens is 323 g/mol. The van der Waals surface area contributed by atoms with E-state index in [0.717, 1.165) is 12.8 Å². The van der Waals surface area contributed by atoms with Crippen LogP contribution in [-0.4, -0.2) is 47.0 Å². The van der Waals surface area contributed by atoms with Crippen LogP contribution in [0.4, 0.5) is 9.18 Å². The summed E-state index contributed by atoms with van der Waals surface area (Å²) in [4.78, 5) is 28.3. The van der Waals surface area contributed by atoms with Gasteiger partial charge in [0.05, 0.1) is 0 Å². The van der Waals surface area contributed by atoms with Crippen LogP contribution in [0, 0.1) is 5.82 Å². The van der Waals surface area contributed by atoms with Crippen LogP contribution in [0.2, 0.25) is 0 Å². The minimum atomic E-state index is -0.610. The number of halogens is 1. The molecule has 0 saturated carbocycles. The van der Waals surface area contributed by atoms with E-state index in [1.807, 2.05) is 0 Å². The molecule has 1 aliphatic heterocycles. The van der Waals surface area contributed by atoms with Crippen LogP contribution < -0.4 is 0 Å². The van der Waals surface area contributed by atoms with Crippen molar-refractivity contribution in [3.63, 3.8) is 0 Å². The highest BCUT2D eigenvalue weighted by Gasteiger charge is 2.36. The zero-order valence-electron chi connectivity index (χ0n) is 15.4. The van der Waals surface area contributed by atoms with E-state index in [4.69, 9.17) is 4.74 Å². The molecular formula is C19H27FN2O3. The number of carbonyl (C=O) groups excluding carboxylic acids is 2. The Labute approximate surface area is 148 Å². The van der Waals surface area contributed by atoms with Gasteiger partial charge in [0.15, 0.2) is 0 Å². The van der Waals surface area contributed by atoms with Gasteiger partial charge in [0.25, 0.3) is 0 Å². The van der Waals surface area contributed by atoms with E-state index in [9.17, 15) is 14.0 Å². The number of hydrogen-bond donors (Lipinski definition) is 0. The number of amides is 2. The molecule has 0 spiro atoms. The molecule has 1 aliphatic rings. The van der Waals surface area contributed by atoms with Crippen molar-refractivity contribution in [1.29, 1.82) is 0 Å². The number of nitrogens with zero attached hydrogens (tertiary/aromatic N) is 2. The zero-order chi connectivity index (χ0) is 18.6. The Morgan fingerprint density at radius 1 is 1.28 bits per heavy atom. The van der Waals surface area contributed by atoms with E-state index in [2.05, 4.69) is 0 Å². The lowest BCUT2D eigenvalue weighted by atomic mass is 10.0. The third-order valence-corrected chi connectivity index (χ3v) is 4.16. The predicted molar refractivity (Wildman–Crippen MR) is 93.5 cm³/mol. The number of rotatable bonds is 3. The highest BCUT2D eigenvalue weighted by atomic mass is 19.1. The van der Waals surface area contributed by atoms with Gasteiger partial charge in [-0.15, -0.1) is 0 Å². The minimum Gasteiger partial charge on any atom is -0.444 e. The number of likely N-dealkylation sites (N-methyl/N-ethyl adjacent to an activating group) is 1. The van der Waals surface area contributed by atoms with Crippen LogP contribution in [0.5, 0.6) is 0 Å². The summed E-state index contributed by atoms with van der Waals surface area (Å²) in [5.74, 6) is -0.524. The Kier molecular flexibility index (Phi) is 6.03. The number of likely N-dealkylation sites (tertiary alicyclic amines) is 1. The van der Waals surface area contributed by atoms with E-state index in [1.165, 1.54) is 15.9 Å². The third kappa shape index (κ3) is 5.18. The second-order valence-electron chi connectivity index (χ2n) is 7.47. The summed E-state index contributed by atoms with van der Waals surface area (Å²) in [6.07, 6.45) is 1.85. The van der Waals surface area contributed by atoms with Gasteiger partial charge < -0.3 is 9.64 Å². The molecule has 0 radical (unpaired) electrons. The lowest BCUT2D eigenvalue weighted by molar-refractivity contribution is -0.137. The average molecular weight is 350 g/mol. The molecule has 1 saturated heterocycles. The first-order chi connectivity index (χ1) is 11.7. The summed E-state index contributed by atoms with van der Waals surface area (Å²) in [5.41, 5.74) is -0.153. The molecule has 1 aromatic rings. The fourth-order valence-electron chi connectivity index (χ4n) is 2.94. The van der Waals surface area contributed by atoms with Crippen LogP contribution in [0.25, 0.3) is 0 Å². The molecule has 2 amide bonds. The Morgan fingerprint density at radius 2 is 1.96 bits per heavy atom. The molecule has 6 heteroatoms. The van der Waals surface area contributed by atoms with Crippen molar-refractivity contribution in [1.82, 2.24) is 9.80 Å². The maximum absolute atomic E-state index is 13.8. The van der Waals surface area contributed by atoms with E-state index in [1.54, 1.807) is 46.0 Å². The van der Waals surface area contributed by atoms with Crippen molar-refractivity contribution in [2.24, 2.45) is 0 Å². The van der Waals surface area contributed by atoms with Crippen LogP contribution >= 0.6 is 0 Å². The van der Waals surface area contributed by atoms with Gasteiger partial charge in [-0.1, -0.05) is 18.2 Å². The molecule has 1 atom stereocenters.